The van der Waals surface area contributed by atoms with Crippen molar-refractivity contribution in [2.45, 2.75) is 76.2 Å². The van der Waals surface area contributed by atoms with Crippen molar-refractivity contribution in [3.05, 3.63) is 30.1 Å². The Balaban J connectivity index is 1.25. The van der Waals surface area contributed by atoms with Gasteiger partial charge < -0.3 is 11.1 Å². The van der Waals surface area contributed by atoms with Crippen LogP contribution in [0.1, 0.15) is 51.8 Å². The van der Waals surface area contributed by atoms with Gasteiger partial charge >= 0.3 is 6.03 Å². The number of aromatic nitrogens is 2. The molecule has 32 heavy (non-hydrogen) atoms. The predicted molar refractivity (Wildman–Crippen MR) is 120 cm³/mol. The van der Waals surface area contributed by atoms with Gasteiger partial charge in [0.1, 0.15) is 29.5 Å². The molecule has 5 aliphatic heterocycles. The molecule has 7 fully saturated rings. The van der Waals surface area contributed by atoms with Crippen molar-refractivity contribution < 1.29 is 14.1 Å². The first-order chi connectivity index (χ1) is 15.3. The smallest absolute Gasteiger partial charge is 0.368 e. The maximum atomic E-state index is 13.5. The molecule has 0 radical (unpaired) electrons. The minimum Gasteiger partial charge on any atom is -0.368 e. The maximum absolute atomic E-state index is 13.5. The third-order valence-electron chi connectivity index (χ3n) is 8.70. The monoisotopic (exact) mass is 435 g/mol. The molecule has 9 rings (SSSR count). The second-order valence-electron chi connectivity index (χ2n) is 10.7. The van der Waals surface area contributed by atoms with Crippen molar-refractivity contribution in [1.29, 1.82) is 0 Å². The number of para-hydroxylation sites is 1. The zero-order chi connectivity index (χ0) is 22.3. The maximum Gasteiger partial charge on any atom is 0.417 e. The lowest BCUT2D eigenvalue weighted by Crippen LogP contribution is -2.97. The molecule has 6 heterocycles. The van der Waals surface area contributed by atoms with E-state index in [9.17, 15) is 9.59 Å². The number of urea groups is 1. The summed E-state index contributed by atoms with van der Waals surface area (Å²) in [6.07, 6.45) is 6.07. The van der Waals surface area contributed by atoms with Gasteiger partial charge in [-0.1, -0.05) is 26.0 Å². The third kappa shape index (κ3) is 2.47. The highest BCUT2D eigenvalue weighted by atomic mass is 16.2. The topological polar surface area (TPSA) is 110 Å². The van der Waals surface area contributed by atoms with Gasteiger partial charge in [-0.15, -0.1) is 0 Å². The van der Waals surface area contributed by atoms with Crippen LogP contribution in [0.25, 0.3) is 10.9 Å². The van der Waals surface area contributed by atoms with Crippen LogP contribution in [0.15, 0.2) is 24.3 Å². The van der Waals surface area contributed by atoms with E-state index in [-0.39, 0.29) is 24.0 Å². The van der Waals surface area contributed by atoms with E-state index in [1.165, 1.54) is 32.1 Å². The molecule has 168 valence electrons. The number of nitrogens with one attached hydrogen (secondary N) is 2. The minimum atomic E-state index is -0.540. The van der Waals surface area contributed by atoms with Crippen molar-refractivity contribution >= 4 is 28.7 Å². The van der Waals surface area contributed by atoms with E-state index in [2.05, 4.69) is 20.6 Å². The van der Waals surface area contributed by atoms with Gasteiger partial charge in [-0.3, -0.25) is 10.1 Å². The molecule has 1 aromatic carbocycles. The lowest BCUT2D eigenvalue weighted by atomic mass is 9.45. The summed E-state index contributed by atoms with van der Waals surface area (Å²) in [7, 11) is 0. The number of hydrogen-bond donors (Lipinski definition) is 3. The summed E-state index contributed by atoms with van der Waals surface area (Å²) in [5, 5.41) is 7.23. The highest BCUT2D eigenvalue weighted by Crippen LogP contribution is 2.72. The molecule has 3 atom stereocenters. The van der Waals surface area contributed by atoms with Crippen LogP contribution in [0.5, 0.6) is 0 Å². The van der Waals surface area contributed by atoms with Crippen LogP contribution in [-0.4, -0.2) is 50.1 Å². The number of nitrogens with two attached hydrogens (primary N) is 1. The molecular weight excluding hydrogens is 404 g/mol. The number of benzene rings is 1. The Morgan fingerprint density at radius 1 is 1.16 bits per heavy atom. The molecule has 5 saturated heterocycles. The van der Waals surface area contributed by atoms with Crippen LogP contribution in [0.3, 0.4) is 0 Å². The molecule has 7 aliphatic rings. The molecule has 3 amide bonds. The van der Waals surface area contributed by atoms with E-state index in [0.717, 1.165) is 16.8 Å². The standard InChI is InChI=1S/C24H30N6O2/c1-13(2)20(21(25)31)29-22-17-5-3-4-6-18(17)27-19(28-22)12-26-23(32)30-15-7-14-8-16(30)11-24(30,9-14)10-15/h3-6,13-16,20H,7-12H2,1-2H3,(H3-,25,26,27,28,29,31,32)/p+1/t14?,15-,16-,20+,24?,30?/m1/s1. The van der Waals surface area contributed by atoms with Crippen LogP contribution >= 0.6 is 0 Å². The number of hydrogen-bond acceptors (Lipinski definition) is 5. The first-order valence-corrected chi connectivity index (χ1v) is 11.8. The fraction of sp³-hybridized carbons (Fsp3) is 0.583. The van der Waals surface area contributed by atoms with Crippen molar-refractivity contribution in [2.24, 2.45) is 17.6 Å². The highest BCUT2D eigenvalue weighted by Gasteiger charge is 2.86. The Labute approximate surface area is 187 Å². The molecule has 0 unspecified atom stereocenters. The summed E-state index contributed by atoms with van der Waals surface area (Å²) in [6.45, 7) is 4.17. The van der Waals surface area contributed by atoms with Crippen molar-refractivity contribution in [2.75, 3.05) is 5.32 Å². The summed E-state index contributed by atoms with van der Waals surface area (Å²) in [4.78, 5) is 34.8. The highest BCUT2D eigenvalue weighted by molar-refractivity contribution is 5.92. The van der Waals surface area contributed by atoms with E-state index in [0.29, 0.717) is 28.2 Å². The lowest BCUT2D eigenvalue weighted by molar-refractivity contribution is -1.06. The Bertz CT molecular complexity index is 1110. The van der Waals surface area contributed by atoms with Gasteiger partial charge in [0.2, 0.25) is 5.91 Å². The molecule has 2 aromatic rings. The Morgan fingerprint density at radius 3 is 2.53 bits per heavy atom. The number of piperidine rings is 4. The zero-order valence-corrected chi connectivity index (χ0v) is 18.7. The first kappa shape index (κ1) is 19.9. The van der Waals surface area contributed by atoms with Gasteiger partial charge in [0.15, 0.2) is 5.82 Å². The molecule has 1 aromatic heterocycles. The van der Waals surface area contributed by atoms with Gasteiger partial charge in [-0.2, -0.15) is 0 Å². The quantitative estimate of drug-likeness (QED) is 0.604. The van der Waals surface area contributed by atoms with E-state index >= 15 is 0 Å². The molecule has 1 spiro atoms. The Morgan fingerprint density at radius 2 is 1.88 bits per heavy atom. The average Bonchev–Trinajstić information content (AvgIpc) is 2.74. The van der Waals surface area contributed by atoms with E-state index < -0.39 is 11.9 Å². The summed E-state index contributed by atoms with van der Waals surface area (Å²) in [5.74, 6) is 1.56. The number of rotatable bonds is 6. The number of primary amides is 1. The number of fused-ring (bicyclic) bond motifs is 1. The van der Waals surface area contributed by atoms with Gasteiger partial charge in [-0.05, 0) is 24.0 Å². The van der Waals surface area contributed by atoms with Gasteiger partial charge in [0.25, 0.3) is 0 Å². The number of carbonyl (C=O) groups excluding carboxylic acids is 2. The minimum absolute atomic E-state index is 0.0138. The van der Waals surface area contributed by atoms with Crippen molar-refractivity contribution in [3.8, 4) is 0 Å². The number of quaternary nitrogens is 1. The summed E-state index contributed by atoms with van der Waals surface area (Å²) >= 11 is 0. The first-order valence-electron chi connectivity index (χ1n) is 11.8. The van der Waals surface area contributed by atoms with E-state index in [1.807, 2.05) is 38.1 Å². The van der Waals surface area contributed by atoms with Gasteiger partial charge in [0.05, 0.1) is 24.9 Å². The Kier molecular flexibility index (Phi) is 4.13. The third-order valence-corrected chi connectivity index (χ3v) is 8.70. The molecule has 8 heteroatoms. The summed E-state index contributed by atoms with van der Waals surface area (Å²) in [6, 6.07) is 8.32. The zero-order valence-electron chi connectivity index (χ0n) is 18.7. The fourth-order valence-electron chi connectivity index (χ4n) is 7.65. The van der Waals surface area contributed by atoms with Crippen LogP contribution in [0.2, 0.25) is 0 Å². The van der Waals surface area contributed by atoms with Gasteiger partial charge in [-0.25, -0.2) is 19.2 Å². The normalized spacial score (nSPS) is 34.5. The predicted octanol–water partition coefficient (Wildman–Crippen LogP) is 2.68. The largest absolute Gasteiger partial charge is 0.417 e. The van der Waals surface area contributed by atoms with E-state index in [4.69, 9.17) is 5.73 Å². The molecule has 8 nitrogen and oxygen atoms in total. The molecule has 2 saturated carbocycles. The second kappa shape index (κ2) is 6.63. The van der Waals surface area contributed by atoms with Crippen LogP contribution in [0, 0.1) is 11.8 Å². The molecule has 2 aliphatic carbocycles. The molecule has 4 N–H and O–H groups in total. The second-order valence-corrected chi connectivity index (χ2v) is 10.7. The summed E-state index contributed by atoms with van der Waals surface area (Å²) in [5.41, 5.74) is 6.61. The van der Waals surface area contributed by atoms with Crippen LogP contribution < -0.4 is 16.4 Å². The molecular formula is C24H31N6O2+. The lowest BCUT2D eigenvalue weighted by Gasteiger charge is -2.81. The van der Waals surface area contributed by atoms with Crippen molar-refractivity contribution in [3.63, 3.8) is 0 Å². The summed E-state index contributed by atoms with van der Waals surface area (Å²) < 4.78 is 0.680. The Hall–Kier alpha value is -2.74. The fourth-order valence-corrected chi connectivity index (χ4v) is 7.65. The van der Waals surface area contributed by atoms with Crippen LogP contribution in [0.4, 0.5) is 10.6 Å². The molecule has 5 bridgehead atoms. The van der Waals surface area contributed by atoms with Crippen molar-refractivity contribution in [1.82, 2.24) is 15.3 Å². The van der Waals surface area contributed by atoms with Gasteiger partial charge in [0, 0.05) is 24.6 Å². The van der Waals surface area contributed by atoms with E-state index in [1.54, 1.807) is 0 Å². The average molecular weight is 436 g/mol. The number of nitrogens with zero attached hydrogens (tertiary/aromatic N) is 3. The SMILES string of the molecule is CC(C)[C@H](Nc1nc(CNC(=O)[N+]23[C@@H]4CC5C[C@@H]2CC3(C5)C4)nc2ccccc12)C(N)=O. The number of amides is 3. The van der Waals surface area contributed by atoms with Crippen LogP contribution in [-0.2, 0) is 11.3 Å². The number of anilines is 1. The number of carbonyl (C=O) groups is 2.